The second-order valence-corrected chi connectivity index (χ2v) is 6.14. The van der Waals surface area contributed by atoms with Gasteiger partial charge in [0.15, 0.2) is 0 Å². The molecule has 112 valence electrons. The van der Waals surface area contributed by atoms with Crippen molar-refractivity contribution in [1.82, 2.24) is 15.5 Å². The molecule has 0 rings (SSSR count). The number of amides is 2. The van der Waals surface area contributed by atoms with E-state index in [1.165, 1.54) is 11.8 Å². The predicted molar refractivity (Wildman–Crippen MR) is 81.4 cm³/mol. The summed E-state index contributed by atoms with van der Waals surface area (Å²) in [5.41, 5.74) is 0. The molecule has 0 aromatic rings. The molecule has 0 aromatic carbocycles. The van der Waals surface area contributed by atoms with E-state index in [-0.39, 0.29) is 17.9 Å². The van der Waals surface area contributed by atoms with Gasteiger partial charge in [-0.1, -0.05) is 0 Å². The summed E-state index contributed by atoms with van der Waals surface area (Å²) in [5.74, 6) is 1.21. The van der Waals surface area contributed by atoms with Crippen LogP contribution in [0, 0.1) is 0 Å². The van der Waals surface area contributed by atoms with Crippen molar-refractivity contribution in [3.8, 4) is 0 Å². The lowest BCUT2D eigenvalue weighted by Gasteiger charge is -2.10. The Balaban J connectivity index is 3.41. The van der Waals surface area contributed by atoms with E-state index < -0.39 is 0 Å². The minimum Gasteiger partial charge on any atom is -0.355 e. The molecule has 0 fully saturated rings. The monoisotopic (exact) mass is 289 g/mol. The molecular weight excluding hydrogens is 262 g/mol. The van der Waals surface area contributed by atoms with Crippen molar-refractivity contribution >= 4 is 23.6 Å². The third-order valence-electron chi connectivity index (χ3n) is 2.26. The zero-order valence-electron chi connectivity index (χ0n) is 12.5. The largest absolute Gasteiger partial charge is 0.355 e. The molecule has 0 heterocycles. The van der Waals surface area contributed by atoms with Crippen LogP contribution in [-0.2, 0) is 9.59 Å². The zero-order valence-corrected chi connectivity index (χ0v) is 13.3. The lowest BCUT2D eigenvalue weighted by Crippen LogP contribution is -2.30. The van der Waals surface area contributed by atoms with Crippen LogP contribution in [0.15, 0.2) is 0 Å². The Morgan fingerprint density at radius 1 is 1.21 bits per heavy atom. The molecule has 0 spiro atoms. The molecule has 0 aromatic heterocycles. The minimum absolute atomic E-state index is 0.0491. The molecule has 0 unspecified atom stereocenters. The molecule has 5 nitrogen and oxygen atoms in total. The van der Waals surface area contributed by atoms with Crippen LogP contribution in [0.2, 0.25) is 0 Å². The third kappa shape index (κ3) is 13.5. The van der Waals surface area contributed by atoms with Gasteiger partial charge in [0.2, 0.25) is 11.8 Å². The standard InChI is InChI=1S/C13H27N3O2S/c1-11(2)15-12(17)6-9-19-10-13(18)14-7-5-8-16(3)4/h11H,5-10H2,1-4H3,(H,14,18)(H,15,17). The summed E-state index contributed by atoms with van der Waals surface area (Å²) in [5, 5.41) is 5.70. The SMILES string of the molecule is CC(C)NC(=O)CCSCC(=O)NCCCN(C)C. The van der Waals surface area contributed by atoms with E-state index in [9.17, 15) is 9.59 Å². The van der Waals surface area contributed by atoms with Crippen molar-refractivity contribution in [2.45, 2.75) is 32.7 Å². The summed E-state index contributed by atoms with van der Waals surface area (Å²) in [6.07, 6.45) is 1.43. The predicted octanol–water partition coefficient (Wildman–Crippen LogP) is 0.702. The fourth-order valence-electron chi connectivity index (χ4n) is 1.40. The van der Waals surface area contributed by atoms with Gasteiger partial charge in [-0.3, -0.25) is 9.59 Å². The molecule has 0 saturated heterocycles. The first-order valence-corrected chi connectivity index (χ1v) is 7.85. The van der Waals surface area contributed by atoms with E-state index in [1.807, 2.05) is 27.9 Å². The van der Waals surface area contributed by atoms with Gasteiger partial charge >= 0.3 is 0 Å². The van der Waals surface area contributed by atoms with Crippen molar-refractivity contribution in [2.24, 2.45) is 0 Å². The fourth-order valence-corrected chi connectivity index (χ4v) is 2.16. The molecule has 0 aliphatic rings. The van der Waals surface area contributed by atoms with Crippen molar-refractivity contribution in [2.75, 3.05) is 38.7 Å². The van der Waals surface area contributed by atoms with Crippen LogP contribution in [0.25, 0.3) is 0 Å². The maximum Gasteiger partial charge on any atom is 0.229 e. The van der Waals surface area contributed by atoms with Gasteiger partial charge in [0.1, 0.15) is 0 Å². The maximum absolute atomic E-state index is 11.5. The van der Waals surface area contributed by atoms with Crippen molar-refractivity contribution in [3.05, 3.63) is 0 Å². The number of rotatable bonds is 10. The first-order valence-electron chi connectivity index (χ1n) is 6.70. The Hall–Kier alpha value is -0.750. The first kappa shape index (κ1) is 18.2. The van der Waals surface area contributed by atoms with Crippen molar-refractivity contribution < 1.29 is 9.59 Å². The van der Waals surface area contributed by atoms with Crippen LogP contribution in [0.4, 0.5) is 0 Å². The molecule has 0 radical (unpaired) electrons. The second-order valence-electron chi connectivity index (χ2n) is 5.03. The summed E-state index contributed by atoms with van der Waals surface area (Å²) < 4.78 is 0. The smallest absolute Gasteiger partial charge is 0.229 e. The van der Waals surface area contributed by atoms with Gasteiger partial charge in [0.25, 0.3) is 0 Å². The highest BCUT2D eigenvalue weighted by atomic mass is 32.2. The Morgan fingerprint density at radius 3 is 2.47 bits per heavy atom. The van der Waals surface area contributed by atoms with E-state index in [4.69, 9.17) is 0 Å². The van der Waals surface area contributed by atoms with Crippen LogP contribution in [0.1, 0.15) is 26.7 Å². The normalized spacial score (nSPS) is 10.8. The second kappa shape index (κ2) is 11.1. The number of nitrogens with zero attached hydrogens (tertiary/aromatic N) is 1. The van der Waals surface area contributed by atoms with Gasteiger partial charge in [-0.25, -0.2) is 0 Å². The van der Waals surface area contributed by atoms with Gasteiger partial charge in [0, 0.05) is 24.8 Å². The van der Waals surface area contributed by atoms with Crippen LogP contribution >= 0.6 is 11.8 Å². The Kier molecular flexibility index (Phi) is 10.7. The summed E-state index contributed by atoms with van der Waals surface area (Å²) in [7, 11) is 4.03. The first-order chi connectivity index (χ1) is 8.91. The number of hydrogen-bond acceptors (Lipinski definition) is 4. The van der Waals surface area contributed by atoms with Gasteiger partial charge in [-0.15, -0.1) is 0 Å². The molecule has 0 saturated carbocycles. The quantitative estimate of drug-likeness (QED) is 0.581. The van der Waals surface area contributed by atoms with Crippen LogP contribution in [0.3, 0.4) is 0 Å². The lowest BCUT2D eigenvalue weighted by molar-refractivity contribution is -0.121. The molecular formula is C13H27N3O2S. The molecule has 0 aliphatic carbocycles. The van der Waals surface area contributed by atoms with Gasteiger partial charge < -0.3 is 15.5 Å². The molecule has 2 N–H and O–H groups in total. The Morgan fingerprint density at radius 2 is 1.89 bits per heavy atom. The van der Waals surface area contributed by atoms with Gasteiger partial charge in [0.05, 0.1) is 5.75 Å². The van der Waals surface area contributed by atoms with Crippen molar-refractivity contribution in [3.63, 3.8) is 0 Å². The number of hydrogen-bond donors (Lipinski definition) is 2. The molecule has 6 heteroatoms. The minimum atomic E-state index is 0.0491. The number of thioether (sulfide) groups is 1. The fraction of sp³-hybridized carbons (Fsp3) is 0.846. The summed E-state index contributed by atoms with van der Waals surface area (Å²) in [4.78, 5) is 24.9. The van der Waals surface area contributed by atoms with Crippen LogP contribution in [-0.4, -0.2) is 61.4 Å². The van der Waals surface area contributed by atoms with Gasteiger partial charge in [-0.05, 0) is 40.9 Å². The van der Waals surface area contributed by atoms with Crippen molar-refractivity contribution in [1.29, 1.82) is 0 Å². The van der Waals surface area contributed by atoms with E-state index in [2.05, 4.69) is 15.5 Å². The molecule has 2 amide bonds. The zero-order chi connectivity index (χ0) is 14.7. The highest BCUT2D eigenvalue weighted by Gasteiger charge is 2.05. The number of nitrogens with one attached hydrogen (secondary N) is 2. The average molecular weight is 289 g/mol. The summed E-state index contributed by atoms with van der Waals surface area (Å²) >= 11 is 1.50. The molecule has 0 aliphatic heterocycles. The van der Waals surface area contributed by atoms with E-state index in [0.29, 0.717) is 24.5 Å². The molecule has 19 heavy (non-hydrogen) atoms. The molecule has 0 bridgehead atoms. The topological polar surface area (TPSA) is 61.4 Å². The highest BCUT2D eigenvalue weighted by Crippen LogP contribution is 2.02. The third-order valence-corrected chi connectivity index (χ3v) is 3.22. The summed E-state index contributed by atoms with van der Waals surface area (Å²) in [6.45, 7) is 5.56. The van der Waals surface area contributed by atoms with E-state index in [1.54, 1.807) is 0 Å². The van der Waals surface area contributed by atoms with Crippen LogP contribution < -0.4 is 10.6 Å². The molecule has 0 atom stereocenters. The number of carbonyl (C=O) groups is 2. The van der Waals surface area contributed by atoms with E-state index in [0.717, 1.165) is 13.0 Å². The summed E-state index contributed by atoms with van der Waals surface area (Å²) in [6, 6.07) is 0.178. The van der Waals surface area contributed by atoms with Gasteiger partial charge in [-0.2, -0.15) is 11.8 Å². The maximum atomic E-state index is 11.5. The highest BCUT2D eigenvalue weighted by molar-refractivity contribution is 7.99. The number of carbonyl (C=O) groups excluding carboxylic acids is 2. The lowest BCUT2D eigenvalue weighted by atomic mass is 10.3. The average Bonchev–Trinajstić information content (AvgIpc) is 2.29. The van der Waals surface area contributed by atoms with E-state index >= 15 is 0 Å². The van der Waals surface area contributed by atoms with Crippen LogP contribution in [0.5, 0.6) is 0 Å². The Bertz CT molecular complexity index is 271. The Labute approximate surface area is 120 Å².